The molecule has 3 heterocycles. The molecule has 1 aliphatic heterocycles. The van der Waals surface area contributed by atoms with Gasteiger partial charge in [-0.25, -0.2) is 14.5 Å². The first-order valence-corrected chi connectivity index (χ1v) is 11.3. The molecular weight excluding hydrogens is 462 g/mol. The molecule has 1 aliphatic rings. The summed E-state index contributed by atoms with van der Waals surface area (Å²) in [4.78, 5) is 55.3. The molecule has 1 fully saturated rings. The van der Waals surface area contributed by atoms with Gasteiger partial charge < -0.3 is 5.32 Å². The lowest BCUT2D eigenvalue weighted by Gasteiger charge is -2.21. The second kappa shape index (κ2) is 9.10. The smallest absolute Gasteiger partial charge is 0.322 e. The van der Waals surface area contributed by atoms with E-state index in [1.54, 1.807) is 6.92 Å². The van der Waals surface area contributed by atoms with Gasteiger partial charge in [-0.1, -0.05) is 48.5 Å². The number of amides is 4. The fraction of sp³-hybridized carbons (Fsp3) is 0.200. The Morgan fingerprint density at radius 3 is 2.44 bits per heavy atom. The standard InChI is InChI=1S/C25H23N7O4/c1-25(13-12-17-8-4-2-5-9-17)23(35)32(24(36)28-25)29-20(33)15-30-16-26-21-19(22(30)34)14-27-31(21)18-10-6-3-7-11-18/h2-11,14,16H,12-13,15H2,1H3,(H,28,36)(H,29,33). The number of hydrazine groups is 1. The van der Waals surface area contributed by atoms with Gasteiger partial charge in [-0.2, -0.15) is 10.1 Å². The molecule has 11 nitrogen and oxygen atoms in total. The Labute approximate surface area is 205 Å². The van der Waals surface area contributed by atoms with Crippen LogP contribution in [0.15, 0.2) is 78.0 Å². The minimum absolute atomic E-state index is 0.234. The Morgan fingerprint density at radius 2 is 1.72 bits per heavy atom. The lowest BCUT2D eigenvalue weighted by Crippen LogP contribution is -2.50. The van der Waals surface area contributed by atoms with Gasteiger partial charge in [-0.3, -0.25) is 24.4 Å². The first-order valence-electron chi connectivity index (χ1n) is 11.3. The van der Waals surface area contributed by atoms with Gasteiger partial charge >= 0.3 is 6.03 Å². The summed E-state index contributed by atoms with van der Waals surface area (Å²) >= 11 is 0. The Hall–Kier alpha value is -4.80. The van der Waals surface area contributed by atoms with Crippen molar-refractivity contribution in [2.75, 3.05) is 0 Å². The number of carbonyl (C=O) groups is 3. The van der Waals surface area contributed by atoms with Crippen LogP contribution in [0.4, 0.5) is 4.79 Å². The molecule has 4 aromatic rings. The second-order valence-electron chi connectivity index (χ2n) is 8.73. The lowest BCUT2D eigenvalue weighted by molar-refractivity contribution is -0.139. The van der Waals surface area contributed by atoms with E-state index in [1.165, 1.54) is 17.2 Å². The van der Waals surface area contributed by atoms with Crippen LogP contribution in [0, 0.1) is 0 Å². The number of fused-ring (bicyclic) bond motifs is 1. The van der Waals surface area contributed by atoms with Gasteiger partial charge in [-0.15, -0.1) is 0 Å². The molecule has 36 heavy (non-hydrogen) atoms. The Kier molecular flexibility index (Phi) is 5.80. The normalized spacial score (nSPS) is 17.4. The third-order valence-corrected chi connectivity index (χ3v) is 6.12. The van der Waals surface area contributed by atoms with Crippen molar-refractivity contribution in [1.82, 2.24) is 35.1 Å². The molecule has 0 saturated carbocycles. The third kappa shape index (κ3) is 4.22. The van der Waals surface area contributed by atoms with E-state index in [0.29, 0.717) is 23.5 Å². The molecule has 1 atom stereocenters. The number of benzene rings is 2. The maximum atomic E-state index is 13.0. The number of para-hydroxylation sites is 1. The molecule has 11 heteroatoms. The molecule has 0 aliphatic carbocycles. The van der Waals surface area contributed by atoms with Gasteiger partial charge in [-0.05, 0) is 37.5 Å². The summed E-state index contributed by atoms with van der Waals surface area (Å²) < 4.78 is 2.63. The van der Waals surface area contributed by atoms with Gasteiger partial charge in [0.25, 0.3) is 17.4 Å². The van der Waals surface area contributed by atoms with E-state index in [4.69, 9.17) is 0 Å². The maximum absolute atomic E-state index is 13.0. The van der Waals surface area contributed by atoms with Gasteiger partial charge in [0.15, 0.2) is 5.65 Å². The summed E-state index contributed by atoms with van der Waals surface area (Å²) in [6.45, 7) is 1.19. The second-order valence-corrected chi connectivity index (χ2v) is 8.73. The summed E-state index contributed by atoms with van der Waals surface area (Å²) in [7, 11) is 0. The quantitative estimate of drug-likeness (QED) is 0.382. The highest BCUT2D eigenvalue weighted by Gasteiger charge is 2.48. The number of hydrogen-bond donors (Lipinski definition) is 2. The summed E-state index contributed by atoms with van der Waals surface area (Å²) in [5.74, 6) is -1.29. The number of nitrogens with one attached hydrogen (secondary N) is 2. The number of rotatable bonds is 7. The number of aromatic nitrogens is 4. The van der Waals surface area contributed by atoms with Crippen molar-refractivity contribution in [3.05, 3.63) is 89.1 Å². The SMILES string of the molecule is CC1(CCc2ccccc2)NC(=O)N(NC(=O)Cn2cnc3c(cnn3-c3ccccc3)c2=O)C1=O. The zero-order valence-electron chi connectivity index (χ0n) is 19.4. The van der Waals surface area contributed by atoms with Crippen LogP contribution in [-0.4, -0.2) is 47.7 Å². The molecule has 2 aromatic carbocycles. The monoisotopic (exact) mass is 485 g/mol. The van der Waals surface area contributed by atoms with Crippen LogP contribution in [-0.2, 0) is 22.6 Å². The fourth-order valence-electron chi connectivity index (χ4n) is 4.13. The molecule has 5 rings (SSSR count). The van der Waals surface area contributed by atoms with Crippen LogP contribution in [0.1, 0.15) is 18.9 Å². The van der Waals surface area contributed by atoms with E-state index < -0.39 is 35.5 Å². The van der Waals surface area contributed by atoms with Crippen molar-refractivity contribution in [2.45, 2.75) is 31.8 Å². The number of nitrogens with zero attached hydrogens (tertiary/aromatic N) is 5. The van der Waals surface area contributed by atoms with Crippen LogP contribution in [0.25, 0.3) is 16.7 Å². The Bertz CT molecular complexity index is 1510. The van der Waals surface area contributed by atoms with Crippen LogP contribution in [0.5, 0.6) is 0 Å². The molecule has 1 unspecified atom stereocenters. The highest BCUT2D eigenvalue weighted by molar-refractivity contribution is 6.07. The van der Waals surface area contributed by atoms with E-state index in [2.05, 4.69) is 20.8 Å². The molecule has 2 N–H and O–H groups in total. The number of imide groups is 1. The van der Waals surface area contributed by atoms with E-state index in [0.717, 1.165) is 15.8 Å². The highest BCUT2D eigenvalue weighted by Crippen LogP contribution is 2.22. The lowest BCUT2D eigenvalue weighted by atomic mass is 9.93. The van der Waals surface area contributed by atoms with Crippen molar-refractivity contribution < 1.29 is 14.4 Å². The van der Waals surface area contributed by atoms with Crippen LogP contribution >= 0.6 is 0 Å². The predicted molar refractivity (Wildman–Crippen MR) is 130 cm³/mol. The average molecular weight is 486 g/mol. The summed E-state index contributed by atoms with van der Waals surface area (Å²) in [5, 5.41) is 7.79. The van der Waals surface area contributed by atoms with E-state index in [1.807, 2.05) is 60.7 Å². The molecule has 182 valence electrons. The minimum atomic E-state index is -1.16. The fourth-order valence-corrected chi connectivity index (χ4v) is 4.13. The van der Waals surface area contributed by atoms with Gasteiger partial charge in [0.1, 0.15) is 23.8 Å². The number of urea groups is 1. The minimum Gasteiger partial charge on any atom is -0.322 e. The van der Waals surface area contributed by atoms with E-state index in [9.17, 15) is 19.2 Å². The predicted octanol–water partition coefficient (Wildman–Crippen LogP) is 1.56. The number of carbonyl (C=O) groups excluding carboxylic acids is 3. The number of hydrogen-bond acceptors (Lipinski definition) is 6. The molecule has 0 spiro atoms. The third-order valence-electron chi connectivity index (χ3n) is 6.12. The van der Waals surface area contributed by atoms with Crippen molar-refractivity contribution >= 4 is 28.9 Å². The Morgan fingerprint density at radius 1 is 1.03 bits per heavy atom. The van der Waals surface area contributed by atoms with Gasteiger partial charge in [0.2, 0.25) is 0 Å². The van der Waals surface area contributed by atoms with Crippen molar-refractivity contribution in [3.63, 3.8) is 0 Å². The van der Waals surface area contributed by atoms with Gasteiger partial charge in [0, 0.05) is 0 Å². The van der Waals surface area contributed by atoms with Crippen LogP contribution in [0.2, 0.25) is 0 Å². The van der Waals surface area contributed by atoms with Crippen molar-refractivity contribution in [2.24, 2.45) is 0 Å². The van der Waals surface area contributed by atoms with E-state index >= 15 is 0 Å². The summed E-state index contributed by atoms with van der Waals surface area (Å²) in [5.41, 5.74) is 2.80. The first-order chi connectivity index (χ1) is 17.4. The maximum Gasteiger partial charge on any atom is 0.344 e. The van der Waals surface area contributed by atoms with Crippen LogP contribution in [0.3, 0.4) is 0 Å². The molecule has 1 saturated heterocycles. The van der Waals surface area contributed by atoms with Gasteiger partial charge in [0.05, 0.1) is 11.9 Å². The molecule has 0 bridgehead atoms. The van der Waals surface area contributed by atoms with Crippen LogP contribution < -0.4 is 16.3 Å². The molecule has 0 radical (unpaired) electrons. The zero-order valence-corrected chi connectivity index (χ0v) is 19.4. The summed E-state index contributed by atoms with van der Waals surface area (Å²) in [6.07, 6.45) is 3.56. The topological polar surface area (TPSA) is 131 Å². The Balaban J connectivity index is 1.28. The zero-order chi connectivity index (χ0) is 25.3. The number of aryl methyl sites for hydroxylation is 1. The highest BCUT2D eigenvalue weighted by atomic mass is 16.2. The largest absolute Gasteiger partial charge is 0.344 e. The molecule has 4 amide bonds. The first kappa shape index (κ1) is 23.0. The van der Waals surface area contributed by atoms with Crippen molar-refractivity contribution in [3.8, 4) is 5.69 Å². The molecule has 2 aromatic heterocycles. The van der Waals surface area contributed by atoms with E-state index in [-0.39, 0.29) is 5.39 Å². The molecular formula is C25H23N7O4. The van der Waals surface area contributed by atoms with Crippen molar-refractivity contribution in [1.29, 1.82) is 0 Å². The summed E-state index contributed by atoms with van der Waals surface area (Å²) in [6, 6.07) is 18.1. The average Bonchev–Trinajstić information content (AvgIpc) is 3.41.